The minimum absolute atomic E-state index is 0.0306. The first-order valence-electron chi connectivity index (χ1n) is 13.3. The van der Waals surface area contributed by atoms with Gasteiger partial charge < -0.3 is 9.32 Å². The van der Waals surface area contributed by atoms with Crippen molar-refractivity contribution < 1.29 is 18.0 Å². The lowest BCUT2D eigenvalue weighted by Gasteiger charge is -2.33. The SMILES string of the molecule is Cn1ncc2ccc(-c3ccc(N(Cc4ccc(-c5nnc(C(F)F)o5)cc4)C(=O)N4CCCCC4)cc3)cc21. The number of carbonyl (C=O) groups excluding carboxylic acids is 1. The minimum Gasteiger partial charge on any atom is -0.415 e. The van der Waals surface area contributed by atoms with Crippen LogP contribution in [0.25, 0.3) is 33.5 Å². The molecule has 204 valence electrons. The molecule has 2 aromatic heterocycles. The van der Waals surface area contributed by atoms with E-state index in [2.05, 4.69) is 33.5 Å². The molecule has 1 aliphatic rings. The van der Waals surface area contributed by atoms with E-state index >= 15 is 0 Å². The Hall–Kier alpha value is -4.60. The van der Waals surface area contributed by atoms with Gasteiger partial charge in [0.2, 0.25) is 5.89 Å². The van der Waals surface area contributed by atoms with Gasteiger partial charge in [-0.1, -0.05) is 36.4 Å². The molecule has 5 aromatic rings. The monoisotopic (exact) mass is 542 g/mol. The van der Waals surface area contributed by atoms with E-state index in [-0.39, 0.29) is 11.9 Å². The highest BCUT2D eigenvalue weighted by molar-refractivity contribution is 5.92. The van der Waals surface area contributed by atoms with Crippen LogP contribution in [-0.2, 0) is 13.6 Å². The van der Waals surface area contributed by atoms with Crippen LogP contribution in [-0.4, -0.2) is 44.0 Å². The highest BCUT2D eigenvalue weighted by atomic mass is 19.3. The molecule has 10 heteroatoms. The first-order valence-corrected chi connectivity index (χ1v) is 13.3. The van der Waals surface area contributed by atoms with Crippen LogP contribution < -0.4 is 4.90 Å². The molecule has 0 aliphatic carbocycles. The number of nitrogens with zero attached hydrogens (tertiary/aromatic N) is 6. The van der Waals surface area contributed by atoms with Crippen LogP contribution >= 0.6 is 0 Å². The van der Waals surface area contributed by atoms with E-state index < -0.39 is 12.3 Å². The summed E-state index contributed by atoms with van der Waals surface area (Å²) in [4.78, 5) is 17.4. The Kier molecular flexibility index (Phi) is 6.98. The second-order valence-corrected chi connectivity index (χ2v) is 9.95. The number of urea groups is 1. The van der Waals surface area contributed by atoms with Crippen molar-refractivity contribution in [3.05, 3.63) is 84.4 Å². The van der Waals surface area contributed by atoms with Crippen molar-refractivity contribution in [2.24, 2.45) is 7.05 Å². The first kappa shape index (κ1) is 25.7. The van der Waals surface area contributed by atoms with Crippen molar-refractivity contribution in [2.45, 2.75) is 32.2 Å². The summed E-state index contributed by atoms with van der Waals surface area (Å²) < 4.78 is 32.6. The van der Waals surface area contributed by atoms with Gasteiger partial charge in [0.1, 0.15) is 0 Å². The van der Waals surface area contributed by atoms with Gasteiger partial charge in [-0.15, -0.1) is 10.2 Å². The Labute approximate surface area is 229 Å². The summed E-state index contributed by atoms with van der Waals surface area (Å²) in [5.41, 5.74) is 5.38. The average molecular weight is 543 g/mol. The molecule has 0 unspecified atom stereocenters. The summed E-state index contributed by atoms with van der Waals surface area (Å²) in [6.07, 6.45) is 2.15. The molecule has 6 rings (SSSR count). The topological polar surface area (TPSA) is 80.3 Å². The smallest absolute Gasteiger partial charge is 0.324 e. The van der Waals surface area contributed by atoms with Crippen LogP contribution in [0.4, 0.5) is 19.3 Å². The number of rotatable bonds is 6. The number of hydrogen-bond donors (Lipinski definition) is 0. The lowest BCUT2D eigenvalue weighted by Crippen LogP contribution is -2.45. The molecule has 0 saturated carbocycles. The molecule has 3 aromatic carbocycles. The zero-order chi connectivity index (χ0) is 27.6. The second-order valence-electron chi connectivity index (χ2n) is 9.95. The van der Waals surface area contributed by atoms with E-state index in [1.165, 1.54) is 0 Å². The second kappa shape index (κ2) is 10.9. The molecule has 3 heterocycles. The summed E-state index contributed by atoms with van der Waals surface area (Å²) in [6, 6.07) is 21.4. The van der Waals surface area contributed by atoms with Crippen molar-refractivity contribution in [3.63, 3.8) is 0 Å². The molecular weight excluding hydrogens is 514 g/mol. The van der Waals surface area contributed by atoms with Crippen molar-refractivity contribution in [1.82, 2.24) is 24.9 Å². The molecule has 8 nitrogen and oxygen atoms in total. The third-order valence-electron chi connectivity index (χ3n) is 7.29. The fourth-order valence-corrected chi connectivity index (χ4v) is 5.06. The maximum atomic E-state index is 13.7. The molecule has 0 radical (unpaired) electrons. The largest absolute Gasteiger partial charge is 0.415 e. The number of alkyl halides is 2. The van der Waals surface area contributed by atoms with Crippen molar-refractivity contribution in [1.29, 1.82) is 0 Å². The zero-order valence-electron chi connectivity index (χ0n) is 22.0. The highest BCUT2D eigenvalue weighted by Crippen LogP contribution is 2.29. The number of aryl methyl sites for hydroxylation is 1. The Balaban J connectivity index is 1.26. The highest BCUT2D eigenvalue weighted by Gasteiger charge is 2.24. The average Bonchev–Trinajstić information content (AvgIpc) is 3.64. The van der Waals surface area contributed by atoms with Gasteiger partial charge in [-0.2, -0.15) is 13.9 Å². The zero-order valence-corrected chi connectivity index (χ0v) is 22.0. The number of anilines is 1. The number of halogens is 2. The van der Waals surface area contributed by atoms with Gasteiger partial charge >= 0.3 is 12.5 Å². The van der Waals surface area contributed by atoms with Crippen LogP contribution in [0.3, 0.4) is 0 Å². The van der Waals surface area contributed by atoms with E-state index in [9.17, 15) is 13.6 Å². The summed E-state index contributed by atoms with van der Waals surface area (Å²) >= 11 is 0. The van der Waals surface area contributed by atoms with E-state index in [0.717, 1.165) is 65.6 Å². The molecule has 40 heavy (non-hydrogen) atoms. The van der Waals surface area contributed by atoms with Gasteiger partial charge in [-0.25, -0.2) is 4.79 Å². The maximum Gasteiger partial charge on any atom is 0.324 e. The van der Waals surface area contributed by atoms with E-state index in [1.54, 1.807) is 17.0 Å². The lowest BCUT2D eigenvalue weighted by molar-refractivity contribution is 0.116. The van der Waals surface area contributed by atoms with Gasteiger partial charge in [-0.05, 0) is 66.3 Å². The first-order chi connectivity index (χ1) is 19.5. The van der Waals surface area contributed by atoms with Crippen molar-refractivity contribution in [2.75, 3.05) is 18.0 Å². The third kappa shape index (κ3) is 5.16. The summed E-state index contributed by atoms with van der Waals surface area (Å²) in [6.45, 7) is 1.82. The molecule has 0 N–H and O–H groups in total. The Bertz CT molecular complexity index is 1620. The molecule has 1 saturated heterocycles. The normalized spacial score (nSPS) is 13.8. The third-order valence-corrected chi connectivity index (χ3v) is 7.29. The molecular formula is C30H28F2N6O2. The number of amides is 2. The van der Waals surface area contributed by atoms with Gasteiger partial charge in [-0.3, -0.25) is 9.58 Å². The molecule has 2 amide bonds. The van der Waals surface area contributed by atoms with E-state index in [4.69, 9.17) is 4.42 Å². The quantitative estimate of drug-likeness (QED) is 0.235. The number of fused-ring (bicyclic) bond motifs is 1. The maximum absolute atomic E-state index is 13.7. The Morgan fingerprint density at radius 2 is 1.62 bits per heavy atom. The van der Waals surface area contributed by atoms with Gasteiger partial charge in [0.25, 0.3) is 5.89 Å². The molecule has 0 spiro atoms. The van der Waals surface area contributed by atoms with Crippen LogP contribution in [0.1, 0.15) is 37.1 Å². The number of aromatic nitrogens is 4. The van der Waals surface area contributed by atoms with Crippen LogP contribution in [0.15, 0.2) is 77.3 Å². The molecule has 0 atom stereocenters. The van der Waals surface area contributed by atoms with Crippen molar-refractivity contribution in [3.8, 4) is 22.6 Å². The number of carbonyl (C=O) groups is 1. The molecule has 1 fully saturated rings. The fraction of sp³-hybridized carbons (Fsp3) is 0.267. The van der Waals surface area contributed by atoms with Crippen LogP contribution in [0, 0.1) is 0 Å². The number of benzene rings is 3. The summed E-state index contributed by atoms with van der Waals surface area (Å²) in [7, 11) is 1.93. The number of hydrogen-bond acceptors (Lipinski definition) is 5. The van der Waals surface area contributed by atoms with E-state index in [1.807, 2.05) is 59.2 Å². The fourth-order valence-electron chi connectivity index (χ4n) is 5.06. The van der Waals surface area contributed by atoms with Crippen LogP contribution in [0.5, 0.6) is 0 Å². The predicted molar refractivity (Wildman–Crippen MR) is 148 cm³/mol. The van der Waals surface area contributed by atoms with Crippen LogP contribution in [0.2, 0.25) is 0 Å². The minimum atomic E-state index is -2.82. The Morgan fingerprint density at radius 1 is 0.925 bits per heavy atom. The van der Waals surface area contributed by atoms with Gasteiger partial charge in [0, 0.05) is 36.8 Å². The number of likely N-dealkylation sites (tertiary alicyclic amines) is 1. The summed E-state index contributed by atoms with van der Waals surface area (Å²) in [5.74, 6) is -0.677. The number of piperidine rings is 1. The van der Waals surface area contributed by atoms with Gasteiger partial charge in [0.05, 0.1) is 18.3 Å². The molecule has 1 aliphatic heterocycles. The van der Waals surface area contributed by atoms with E-state index in [0.29, 0.717) is 12.1 Å². The summed E-state index contributed by atoms with van der Waals surface area (Å²) in [5, 5.41) is 12.5. The van der Waals surface area contributed by atoms with Gasteiger partial charge in [0.15, 0.2) is 0 Å². The Morgan fingerprint density at radius 3 is 2.33 bits per heavy atom. The predicted octanol–water partition coefficient (Wildman–Crippen LogP) is 6.84. The standard InChI is InChI=1S/C30H28F2N6O2/c1-36-26-17-23(9-10-24(26)18-33-36)21-11-13-25(14-12-21)38(30(39)37-15-3-2-4-16-37)19-20-5-7-22(8-6-20)28-34-35-29(40-28)27(31)32/h5-14,17-18,27H,2-4,15-16,19H2,1H3. The lowest BCUT2D eigenvalue weighted by atomic mass is 10.0. The van der Waals surface area contributed by atoms with Crippen molar-refractivity contribution >= 4 is 22.6 Å². The molecule has 0 bridgehead atoms.